The van der Waals surface area contributed by atoms with Gasteiger partial charge < -0.3 is 9.84 Å². The number of halogens is 3. The minimum Gasteiger partial charge on any atom is -0.441 e. The second kappa shape index (κ2) is 5.19. The molecule has 1 fully saturated rings. The van der Waals surface area contributed by atoms with Crippen molar-refractivity contribution in [3.05, 3.63) is 24.3 Å². The molecule has 1 aromatic carbocycles. The number of nitrogens with zero attached hydrogens (tertiary/aromatic N) is 1. The third-order valence-corrected chi connectivity index (χ3v) is 4.34. The number of anilines is 1. The van der Waals surface area contributed by atoms with E-state index in [1.165, 1.54) is 0 Å². The van der Waals surface area contributed by atoms with Crippen molar-refractivity contribution in [3.63, 3.8) is 0 Å². The fraction of sp³-hybridized carbons (Fsp3) is 0.364. The Bertz CT molecular complexity index is 641. The summed E-state index contributed by atoms with van der Waals surface area (Å²) in [5, 5.41) is 8.88. The number of carbonyl (C=O) groups excluding carboxylic acids is 1. The SMILES string of the molecule is O=C1OC(CO)CN1c1ccc(S(=O)(=O)C(F)(F)F)cc1. The fourth-order valence-electron chi connectivity index (χ4n) is 1.77. The number of benzene rings is 1. The summed E-state index contributed by atoms with van der Waals surface area (Å²) in [6.07, 6.45) is -1.49. The minimum atomic E-state index is -5.42. The van der Waals surface area contributed by atoms with Crippen LogP contribution < -0.4 is 4.90 Å². The Morgan fingerprint density at radius 3 is 2.29 bits per heavy atom. The van der Waals surface area contributed by atoms with Crippen molar-refractivity contribution >= 4 is 21.6 Å². The molecule has 10 heteroatoms. The molecule has 1 atom stereocenters. The summed E-state index contributed by atoms with van der Waals surface area (Å²) < 4.78 is 64.3. The molecule has 0 aromatic heterocycles. The number of hydrogen-bond acceptors (Lipinski definition) is 5. The van der Waals surface area contributed by atoms with Crippen molar-refractivity contribution in [2.24, 2.45) is 0 Å². The second-order valence-corrected chi connectivity index (χ2v) is 6.18. The molecule has 116 valence electrons. The van der Waals surface area contributed by atoms with Gasteiger partial charge in [-0.05, 0) is 24.3 Å². The molecule has 1 aromatic rings. The number of cyclic esters (lactones) is 1. The molecular weight excluding hydrogens is 315 g/mol. The average Bonchev–Trinajstić information content (AvgIpc) is 2.79. The number of alkyl halides is 3. The van der Waals surface area contributed by atoms with Gasteiger partial charge in [-0.25, -0.2) is 13.2 Å². The van der Waals surface area contributed by atoms with E-state index in [2.05, 4.69) is 0 Å². The van der Waals surface area contributed by atoms with Gasteiger partial charge in [0.2, 0.25) is 0 Å². The highest BCUT2D eigenvalue weighted by Crippen LogP contribution is 2.31. The lowest BCUT2D eigenvalue weighted by molar-refractivity contribution is -0.0436. The zero-order valence-corrected chi connectivity index (χ0v) is 11.2. The van der Waals surface area contributed by atoms with Gasteiger partial charge in [0.15, 0.2) is 0 Å². The second-order valence-electron chi connectivity index (χ2n) is 4.24. The highest BCUT2D eigenvalue weighted by atomic mass is 32.2. The van der Waals surface area contributed by atoms with Crippen molar-refractivity contribution in [2.75, 3.05) is 18.1 Å². The molecule has 1 N–H and O–H groups in total. The standard InChI is InChI=1S/C11H10F3NO5S/c12-11(13,14)21(18,19)9-3-1-7(2-4-9)15-5-8(6-16)20-10(15)17/h1-4,8,16H,5-6H2. The predicted octanol–water partition coefficient (Wildman–Crippen LogP) is 1.30. The summed E-state index contributed by atoms with van der Waals surface area (Å²) >= 11 is 0. The largest absolute Gasteiger partial charge is 0.501 e. The lowest BCUT2D eigenvalue weighted by Crippen LogP contribution is -2.26. The van der Waals surface area contributed by atoms with Crippen LogP contribution in [-0.2, 0) is 14.6 Å². The van der Waals surface area contributed by atoms with Gasteiger partial charge in [0.1, 0.15) is 6.10 Å². The zero-order valence-electron chi connectivity index (χ0n) is 10.4. The predicted molar refractivity (Wildman–Crippen MR) is 64.4 cm³/mol. The van der Waals surface area contributed by atoms with Crippen LogP contribution in [0, 0.1) is 0 Å². The number of ether oxygens (including phenoxy) is 1. The third kappa shape index (κ3) is 2.81. The van der Waals surface area contributed by atoms with Crippen LogP contribution in [0.5, 0.6) is 0 Å². The van der Waals surface area contributed by atoms with Crippen LogP contribution in [0.3, 0.4) is 0 Å². The number of rotatable bonds is 3. The van der Waals surface area contributed by atoms with Gasteiger partial charge in [0, 0.05) is 5.69 Å². The van der Waals surface area contributed by atoms with Gasteiger partial charge in [-0.1, -0.05) is 0 Å². The van der Waals surface area contributed by atoms with Crippen LogP contribution in [0.1, 0.15) is 0 Å². The zero-order chi connectivity index (χ0) is 15.8. The van der Waals surface area contributed by atoms with E-state index in [1.54, 1.807) is 0 Å². The lowest BCUT2D eigenvalue weighted by Gasteiger charge is -2.14. The highest BCUT2D eigenvalue weighted by Gasteiger charge is 2.46. The number of sulfone groups is 1. The first-order valence-corrected chi connectivity index (χ1v) is 7.15. The molecule has 0 saturated carbocycles. The molecule has 1 saturated heterocycles. The normalized spacial score (nSPS) is 19.7. The topological polar surface area (TPSA) is 83.9 Å². The molecule has 6 nitrogen and oxygen atoms in total. The number of carbonyl (C=O) groups is 1. The van der Waals surface area contributed by atoms with Crippen molar-refractivity contribution in [1.82, 2.24) is 0 Å². The Hall–Kier alpha value is -1.81. The smallest absolute Gasteiger partial charge is 0.441 e. The lowest BCUT2D eigenvalue weighted by atomic mass is 10.3. The number of aliphatic hydroxyl groups is 1. The van der Waals surface area contributed by atoms with E-state index in [1.807, 2.05) is 0 Å². The molecule has 1 heterocycles. The van der Waals surface area contributed by atoms with Gasteiger partial charge >= 0.3 is 11.6 Å². The minimum absolute atomic E-state index is 0.0285. The molecule has 1 aliphatic heterocycles. The fourth-order valence-corrected chi connectivity index (χ4v) is 2.53. The number of aliphatic hydroxyl groups excluding tert-OH is 1. The molecule has 2 rings (SSSR count). The van der Waals surface area contributed by atoms with E-state index in [0.717, 1.165) is 29.2 Å². The van der Waals surface area contributed by atoms with Gasteiger partial charge in [-0.2, -0.15) is 13.2 Å². The molecule has 0 spiro atoms. The quantitative estimate of drug-likeness (QED) is 0.905. The Labute approximate surface area is 117 Å². The van der Waals surface area contributed by atoms with Crippen LogP contribution in [-0.4, -0.2) is 44.4 Å². The van der Waals surface area contributed by atoms with Crippen LogP contribution in [0.2, 0.25) is 0 Å². The van der Waals surface area contributed by atoms with Crippen LogP contribution in [0.4, 0.5) is 23.7 Å². The first kappa shape index (κ1) is 15.6. The maximum Gasteiger partial charge on any atom is 0.501 e. The monoisotopic (exact) mass is 325 g/mol. The molecule has 0 bridgehead atoms. The van der Waals surface area contributed by atoms with Crippen molar-refractivity contribution in [3.8, 4) is 0 Å². The Kier molecular flexibility index (Phi) is 3.85. The summed E-state index contributed by atoms with van der Waals surface area (Å²) in [5.74, 6) is 0. The molecular formula is C11H10F3NO5S. The summed E-state index contributed by atoms with van der Waals surface area (Å²) in [7, 11) is -5.42. The first-order chi connectivity index (χ1) is 9.66. The van der Waals surface area contributed by atoms with Gasteiger partial charge in [0.25, 0.3) is 9.84 Å². The van der Waals surface area contributed by atoms with Gasteiger partial charge in [-0.3, -0.25) is 4.90 Å². The first-order valence-electron chi connectivity index (χ1n) is 5.67. The van der Waals surface area contributed by atoms with E-state index < -0.39 is 32.4 Å². The molecule has 0 aliphatic carbocycles. The molecule has 0 radical (unpaired) electrons. The Balaban J connectivity index is 2.27. The Morgan fingerprint density at radius 1 is 1.29 bits per heavy atom. The summed E-state index contributed by atoms with van der Waals surface area (Å²) in [5.41, 5.74) is -5.21. The van der Waals surface area contributed by atoms with E-state index in [4.69, 9.17) is 9.84 Å². The van der Waals surface area contributed by atoms with Crippen molar-refractivity contribution in [1.29, 1.82) is 0 Å². The van der Waals surface area contributed by atoms with E-state index in [9.17, 15) is 26.4 Å². The average molecular weight is 325 g/mol. The van der Waals surface area contributed by atoms with Crippen molar-refractivity contribution in [2.45, 2.75) is 16.5 Å². The van der Waals surface area contributed by atoms with Crippen LogP contribution in [0.15, 0.2) is 29.2 Å². The molecule has 1 unspecified atom stereocenters. The highest BCUT2D eigenvalue weighted by molar-refractivity contribution is 7.92. The number of amides is 1. The van der Waals surface area contributed by atoms with Crippen molar-refractivity contribution < 1.29 is 36.2 Å². The molecule has 21 heavy (non-hydrogen) atoms. The van der Waals surface area contributed by atoms with E-state index in [-0.39, 0.29) is 18.8 Å². The van der Waals surface area contributed by atoms with Gasteiger partial charge in [-0.15, -0.1) is 0 Å². The number of hydrogen-bond donors (Lipinski definition) is 1. The van der Waals surface area contributed by atoms with E-state index >= 15 is 0 Å². The van der Waals surface area contributed by atoms with Crippen LogP contribution >= 0.6 is 0 Å². The summed E-state index contributed by atoms with van der Waals surface area (Å²) in [6.45, 7) is -0.358. The maximum absolute atomic E-state index is 12.4. The third-order valence-electron chi connectivity index (χ3n) is 2.84. The van der Waals surface area contributed by atoms with Gasteiger partial charge in [0.05, 0.1) is 18.0 Å². The Morgan fingerprint density at radius 2 is 1.86 bits per heavy atom. The molecule has 1 amide bonds. The molecule has 1 aliphatic rings. The summed E-state index contributed by atoms with van der Waals surface area (Å²) in [4.78, 5) is 11.7. The van der Waals surface area contributed by atoms with E-state index in [0.29, 0.717) is 0 Å². The maximum atomic E-state index is 12.4. The summed E-state index contributed by atoms with van der Waals surface area (Å²) in [6, 6.07) is 3.66. The van der Waals surface area contributed by atoms with Crippen LogP contribution in [0.25, 0.3) is 0 Å².